The maximum Gasteiger partial charge on any atom is 0.178 e. The molecule has 2 heteroatoms. The van der Waals surface area contributed by atoms with E-state index in [4.69, 9.17) is 0 Å². The van der Waals surface area contributed by atoms with Crippen LogP contribution in [0.3, 0.4) is 0 Å². The lowest BCUT2D eigenvalue weighted by atomic mass is 9.71. The number of allylic oxidation sites excluding steroid dienone is 1. The number of ketones is 1. The van der Waals surface area contributed by atoms with Crippen molar-refractivity contribution >= 4 is 5.78 Å². The van der Waals surface area contributed by atoms with Gasteiger partial charge >= 0.3 is 0 Å². The van der Waals surface area contributed by atoms with Crippen molar-refractivity contribution in [3.8, 4) is 0 Å². The maximum atomic E-state index is 12.4. The maximum absolute atomic E-state index is 12.4. The van der Waals surface area contributed by atoms with E-state index in [9.17, 15) is 4.79 Å². The zero-order valence-corrected chi connectivity index (χ0v) is 9.64. The van der Waals surface area contributed by atoms with Crippen LogP contribution >= 0.6 is 0 Å². The Morgan fingerprint density at radius 3 is 2.67 bits per heavy atom. The molecular weight excluding hydrogens is 186 g/mol. The highest BCUT2D eigenvalue weighted by Crippen LogP contribution is 2.36. The summed E-state index contributed by atoms with van der Waals surface area (Å²) in [5.41, 5.74) is 0.914. The molecule has 0 aromatic heterocycles. The summed E-state index contributed by atoms with van der Waals surface area (Å²) in [7, 11) is 1.92. The van der Waals surface area contributed by atoms with Crippen molar-refractivity contribution < 1.29 is 4.79 Å². The second kappa shape index (κ2) is 4.48. The third-order valence-corrected chi connectivity index (χ3v) is 3.95. The van der Waals surface area contributed by atoms with Crippen LogP contribution < -0.4 is 5.32 Å². The van der Waals surface area contributed by atoms with Gasteiger partial charge in [0.05, 0.1) is 5.54 Å². The molecule has 2 rings (SSSR count). The lowest BCUT2D eigenvalue weighted by molar-refractivity contribution is -0.124. The molecular formula is C13H21NO. The summed E-state index contributed by atoms with van der Waals surface area (Å²) in [6.07, 6.45) is 11.3. The van der Waals surface area contributed by atoms with Crippen LogP contribution in [-0.4, -0.2) is 18.4 Å². The normalized spacial score (nSPS) is 25.0. The molecule has 1 saturated carbocycles. The largest absolute Gasteiger partial charge is 0.308 e. The van der Waals surface area contributed by atoms with E-state index in [0.717, 1.165) is 31.3 Å². The third kappa shape index (κ3) is 2.00. The van der Waals surface area contributed by atoms with E-state index >= 15 is 0 Å². The van der Waals surface area contributed by atoms with Gasteiger partial charge in [-0.3, -0.25) is 4.79 Å². The minimum Gasteiger partial charge on any atom is -0.308 e. The average molecular weight is 207 g/mol. The van der Waals surface area contributed by atoms with Crippen LogP contribution in [-0.2, 0) is 4.79 Å². The molecule has 2 aliphatic rings. The fourth-order valence-electron chi connectivity index (χ4n) is 2.65. The number of nitrogens with one attached hydrogen (secondary N) is 1. The first-order valence-electron chi connectivity index (χ1n) is 6.21. The lowest BCUT2D eigenvalue weighted by Gasteiger charge is -2.40. The quantitative estimate of drug-likeness (QED) is 0.770. The molecule has 0 spiro atoms. The van der Waals surface area contributed by atoms with Gasteiger partial charge in [-0.1, -0.05) is 12.5 Å². The number of carbonyl (C=O) groups excluding carboxylic acids is 1. The number of likely N-dealkylation sites (N-methyl/N-ethyl adjacent to an activating group) is 1. The van der Waals surface area contributed by atoms with Crippen LogP contribution in [0.2, 0.25) is 0 Å². The second-order valence-corrected chi connectivity index (χ2v) is 4.84. The van der Waals surface area contributed by atoms with Crippen molar-refractivity contribution in [1.82, 2.24) is 5.32 Å². The summed E-state index contributed by atoms with van der Waals surface area (Å²) in [5.74, 6) is 0.387. The molecule has 0 aliphatic heterocycles. The van der Waals surface area contributed by atoms with Crippen LogP contribution in [0.1, 0.15) is 51.4 Å². The minimum absolute atomic E-state index is 0.184. The van der Waals surface area contributed by atoms with Gasteiger partial charge in [0.25, 0.3) is 0 Å². The lowest BCUT2D eigenvalue weighted by Crippen LogP contribution is -2.56. The predicted molar refractivity (Wildman–Crippen MR) is 61.8 cm³/mol. The van der Waals surface area contributed by atoms with Crippen LogP contribution in [0.25, 0.3) is 0 Å². The molecule has 2 nitrogen and oxygen atoms in total. The Balaban J connectivity index is 2.08. The molecule has 1 N–H and O–H groups in total. The van der Waals surface area contributed by atoms with E-state index in [1.807, 2.05) is 7.05 Å². The standard InChI is InChI=1S/C13H21NO/c1-14-13(9-6-10-13)12(15)11-7-4-2-3-5-8-11/h7,14H,2-6,8-10H2,1H3. The van der Waals surface area contributed by atoms with Gasteiger partial charge < -0.3 is 5.32 Å². The molecule has 0 amide bonds. The molecule has 0 saturated heterocycles. The summed E-state index contributed by atoms with van der Waals surface area (Å²) in [6.45, 7) is 0. The third-order valence-electron chi connectivity index (χ3n) is 3.95. The molecule has 0 heterocycles. The monoisotopic (exact) mass is 207 g/mol. The molecule has 0 bridgehead atoms. The Morgan fingerprint density at radius 2 is 2.07 bits per heavy atom. The van der Waals surface area contributed by atoms with Crippen molar-refractivity contribution in [1.29, 1.82) is 0 Å². The summed E-state index contributed by atoms with van der Waals surface area (Å²) in [4.78, 5) is 12.4. The first kappa shape index (κ1) is 10.9. The van der Waals surface area contributed by atoms with Gasteiger partial charge in [0.1, 0.15) is 0 Å². The molecule has 15 heavy (non-hydrogen) atoms. The van der Waals surface area contributed by atoms with Crippen LogP contribution in [0.5, 0.6) is 0 Å². The highest BCUT2D eigenvalue weighted by molar-refractivity contribution is 6.03. The topological polar surface area (TPSA) is 29.1 Å². The van der Waals surface area contributed by atoms with E-state index in [1.54, 1.807) is 0 Å². The molecule has 84 valence electrons. The number of hydrogen-bond donors (Lipinski definition) is 1. The summed E-state index contributed by atoms with van der Waals surface area (Å²) in [6, 6.07) is 0. The van der Waals surface area contributed by atoms with Gasteiger partial charge in [0, 0.05) is 0 Å². The van der Waals surface area contributed by atoms with E-state index in [-0.39, 0.29) is 5.54 Å². The molecule has 1 fully saturated rings. The number of carbonyl (C=O) groups is 1. The van der Waals surface area contributed by atoms with Crippen LogP contribution in [0, 0.1) is 0 Å². The SMILES string of the molecule is CNC1(C(=O)C2=CCCCCC2)CCC1. The Kier molecular flexibility index (Phi) is 3.25. The van der Waals surface area contributed by atoms with Crippen LogP contribution in [0.4, 0.5) is 0 Å². The van der Waals surface area contributed by atoms with E-state index in [2.05, 4.69) is 11.4 Å². The smallest absolute Gasteiger partial charge is 0.178 e. The Morgan fingerprint density at radius 1 is 1.27 bits per heavy atom. The van der Waals surface area contributed by atoms with Gasteiger partial charge in [-0.25, -0.2) is 0 Å². The zero-order valence-electron chi connectivity index (χ0n) is 9.64. The number of Topliss-reactive ketones (excluding diaryl/α,β-unsaturated/α-hetero) is 1. The second-order valence-electron chi connectivity index (χ2n) is 4.84. The molecule has 0 aromatic carbocycles. The highest BCUT2D eigenvalue weighted by Gasteiger charge is 2.43. The van der Waals surface area contributed by atoms with Crippen molar-refractivity contribution in [3.63, 3.8) is 0 Å². The molecule has 0 aromatic rings. The summed E-state index contributed by atoms with van der Waals surface area (Å²) < 4.78 is 0. The zero-order chi connectivity index (χ0) is 10.7. The van der Waals surface area contributed by atoms with Crippen molar-refractivity contribution in [2.45, 2.75) is 56.9 Å². The van der Waals surface area contributed by atoms with Crippen LogP contribution in [0.15, 0.2) is 11.6 Å². The van der Waals surface area contributed by atoms with Crippen molar-refractivity contribution in [2.75, 3.05) is 7.05 Å². The highest BCUT2D eigenvalue weighted by atomic mass is 16.1. The van der Waals surface area contributed by atoms with Crippen molar-refractivity contribution in [3.05, 3.63) is 11.6 Å². The first-order chi connectivity index (χ1) is 7.28. The fraction of sp³-hybridized carbons (Fsp3) is 0.769. The van der Waals surface area contributed by atoms with Crippen molar-refractivity contribution in [2.24, 2.45) is 0 Å². The minimum atomic E-state index is -0.184. The van der Waals surface area contributed by atoms with E-state index in [1.165, 1.54) is 25.7 Å². The fourth-order valence-corrected chi connectivity index (χ4v) is 2.65. The van der Waals surface area contributed by atoms with Gasteiger partial charge in [-0.05, 0) is 57.6 Å². The molecule has 2 aliphatic carbocycles. The molecule has 0 radical (unpaired) electrons. The number of hydrogen-bond acceptors (Lipinski definition) is 2. The van der Waals surface area contributed by atoms with Gasteiger partial charge in [0.2, 0.25) is 0 Å². The van der Waals surface area contributed by atoms with Gasteiger partial charge in [0.15, 0.2) is 5.78 Å². The Hall–Kier alpha value is -0.630. The first-order valence-corrected chi connectivity index (χ1v) is 6.21. The Bertz CT molecular complexity index is 271. The van der Waals surface area contributed by atoms with Gasteiger partial charge in [-0.2, -0.15) is 0 Å². The summed E-state index contributed by atoms with van der Waals surface area (Å²) >= 11 is 0. The summed E-state index contributed by atoms with van der Waals surface area (Å²) in [5, 5.41) is 3.24. The average Bonchev–Trinajstić information content (AvgIpc) is 2.44. The molecule has 0 atom stereocenters. The molecule has 0 unspecified atom stereocenters. The van der Waals surface area contributed by atoms with E-state index < -0.39 is 0 Å². The predicted octanol–water partition coefficient (Wildman–Crippen LogP) is 2.59. The van der Waals surface area contributed by atoms with Gasteiger partial charge in [-0.15, -0.1) is 0 Å². The van der Waals surface area contributed by atoms with E-state index in [0.29, 0.717) is 5.78 Å². The number of rotatable bonds is 3. The Labute approximate surface area is 92.1 Å².